The molecule has 1 atom stereocenters. The van der Waals surface area contributed by atoms with Crippen molar-refractivity contribution in [1.82, 2.24) is 0 Å². The van der Waals surface area contributed by atoms with Crippen LogP contribution < -0.4 is 10.2 Å². The van der Waals surface area contributed by atoms with Crippen molar-refractivity contribution in [1.29, 1.82) is 0 Å². The maximum atomic E-state index is 13.3. The van der Waals surface area contributed by atoms with E-state index in [0.717, 1.165) is 23.1 Å². The lowest BCUT2D eigenvalue weighted by Gasteiger charge is -2.23. The molecule has 2 aromatic rings. The van der Waals surface area contributed by atoms with Crippen molar-refractivity contribution in [2.75, 3.05) is 16.8 Å². The third-order valence-electron chi connectivity index (χ3n) is 3.79. The molecule has 2 amide bonds. The molecular formula is C18H14ClF4N3OS. The van der Waals surface area contributed by atoms with E-state index in [-0.39, 0.29) is 26.8 Å². The van der Waals surface area contributed by atoms with E-state index in [1.807, 2.05) is 6.92 Å². The van der Waals surface area contributed by atoms with Crippen molar-refractivity contribution in [2.24, 2.45) is 4.99 Å². The van der Waals surface area contributed by atoms with Gasteiger partial charge in [0.15, 0.2) is 5.17 Å². The van der Waals surface area contributed by atoms with Gasteiger partial charge in [0.05, 0.1) is 22.8 Å². The molecule has 0 unspecified atom stereocenters. The molecule has 1 heterocycles. The monoisotopic (exact) mass is 431 g/mol. The molecule has 3 rings (SSSR count). The molecule has 1 aliphatic heterocycles. The summed E-state index contributed by atoms with van der Waals surface area (Å²) < 4.78 is 52.6. The molecular weight excluding hydrogens is 418 g/mol. The largest absolute Gasteiger partial charge is 0.416 e. The summed E-state index contributed by atoms with van der Waals surface area (Å²) in [6.07, 6.45) is -4.56. The number of carbonyl (C=O) groups is 1. The van der Waals surface area contributed by atoms with Crippen molar-refractivity contribution in [3.8, 4) is 0 Å². The predicted octanol–water partition coefficient (Wildman–Crippen LogP) is 6.03. The number of amidine groups is 1. The number of halogens is 5. The Bertz CT molecular complexity index is 935. The number of benzene rings is 2. The van der Waals surface area contributed by atoms with Crippen molar-refractivity contribution in [3.05, 3.63) is 58.9 Å². The zero-order valence-electron chi connectivity index (χ0n) is 14.4. The number of aliphatic imine (C=N–C) groups is 1. The molecule has 0 radical (unpaired) electrons. The highest BCUT2D eigenvalue weighted by Crippen LogP contribution is 2.34. The van der Waals surface area contributed by atoms with Crippen LogP contribution in [-0.4, -0.2) is 23.0 Å². The molecule has 0 saturated carbocycles. The van der Waals surface area contributed by atoms with Crippen LogP contribution in [0.3, 0.4) is 0 Å². The standard InChI is InChI=1S/C18H14ClF4N3OS/c1-10-9-24-17(28-10)26(13-4-2-3-11(7-13)18(21,22)23)16(27)25-12-5-6-15(20)14(19)8-12/h2-8,10H,9H2,1H3,(H,25,27)/t10-/m0/s1. The maximum absolute atomic E-state index is 13.3. The second kappa shape index (κ2) is 8.00. The minimum absolute atomic E-state index is 0.0147. The van der Waals surface area contributed by atoms with E-state index in [1.165, 1.54) is 36.0 Å². The fourth-order valence-corrected chi connectivity index (χ4v) is 3.61. The Hall–Kier alpha value is -2.26. The number of nitrogens with one attached hydrogen (secondary N) is 1. The fourth-order valence-electron chi connectivity index (χ4n) is 2.47. The van der Waals surface area contributed by atoms with Crippen LogP contribution in [0, 0.1) is 5.82 Å². The molecule has 0 aliphatic carbocycles. The quantitative estimate of drug-likeness (QED) is 0.590. The minimum Gasteiger partial charge on any atom is -0.307 e. The predicted molar refractivity (Wildman–Crippen MR) is 104 cm³/mol. The highest BCUT2D eigenvalue weighted by atomic mass is 35.5. The second-order valence-corrected chi connectivity index (χ2v) is 7.81. The van der Waals surface area contributed by atoms with Crippen LogP contribution in [-0.2, 0) is 6.18 Å². The zero-order valence-corrected chi connectivity index (χ0v) is 16.0. The summed E-state index contributed by atoms with van der Waals surface area (Å²) in [5.41, 5.74) is -0.671. The number of hydrogen-bond donors (Lipinski definition) is 1. The molecule has 0 aromatic heterocycles. The molecule has 10 heteroatoms. The number of amides is 2. The van der Waals surface area contributed by atoms with E-state index in [2.05, 4.69) is 10.3 Å². The summed E-state index contributed by atoms with van der Waals surface area (Å²) in [6.45, 7) is 2.33. The first kappa shape index (κ1) is 20.5. The summed E-state index contributed by atoms with van der Waals surface area (Å²) in [7, 11) is 0. The third kappa shape index (κ3) is 4.59. The first-order valence-electron chi connectivity index (χ1n) is 8.09. The summed E-state index contributed by atoms with van der Waals surface area (Å²) >= 11 is 6.99. The summed E-state index contributed by atoms with van der Waals surface area (Å²) in [5.74, 6) is -0.654. The van der Waals surface area contributed by atoms with Gasteiger partial charge in [-0.1, -0.05) is 36.4 Å². The van der Waals surface area contributed by atoms with E-state index in [1.54, 1.807) is 0 Å². The Balaban J connectivity index is 1.95. The van der Waals surface area contributed by atoms with Crippen LogP contribution in [0.4, 0.5) is 33.7 Å². The molecule has 148 valence electrons. The Kier molecular flexibility index (Phi) is 5.85. The van der Waals surface area contributed by atoms with Crippen LogP contribution in [0.15, 0.2) is 47.5 Å². The van der Waals surface area contributed by atoms with E-state index in [4.69, 9.17) is 11.6 Å². The van der Waals surface area contributed by atoms with Crippen molar-refractivity contribution in [3.63, 3.8) is 0 Å². The van der Waals surface area contributed by atoms with E-state index in [9.17, 15) is 22.4 Å². The molecule has 0 fully saturated rings. The van der Waals surface area contributed by atoms with E-state index in [0.29, 0.717) is 6.54 Å². The van der Waals surface area contributed by atoms with Crippen molar-refractivity contribution >= 4 is 45.9 Å². The van der Waals surface area contributed by atoms with Crippen molar-refractivity contribution < 1.29 is 22.4 Å². The van der Waals surface area contributed by atoms with Gasteiger partial charge in [-0.05, 0) is 36.4 Å². The number of nitrogens with zero attached hydrogens (tertiary/aromatic N) is 2. The third-order valence-corrected chi connectivity index (χ3v) is 5.15. The molecule has 1 aliphatic rings. The van der Waals surface area contributed by atoms with Crippen LogP contribution in [0.25, 0.3) is 0 Å². The molecule has 4 nitrogen and oxygen atoms in total. The van der Waals surface area contributed by atoms with Gasteiger partial charge in [-0.2, -0.15) is 13.2 Å². The van der Waals surface area contributed by atoms with Gasteiger partial charge in [-0.15, -0.1) is 0 Å². The Morgan fingerprint density at radius 2 is 2.04 bits per heavy atom. The second-order valence-electron chi connectivity index (χ2n) is 5.99. The van der Waals surface area contributed by atoms with Gasteiger partial charge in [-0.3, -0.25) is 4.99 Å². The van der Waals surface area contributed by atoms with Crippen LogP contribution in [0.2, 0.25) is 5.02 Å². The van der Waals surface area contributed by atoms with Gasteiger partial charge in [0.25, 0.3) is 0 Å². The Morgan fingerprint density at radius 3 is 2.64 bits per heavy atom. The Labute approximate surface area is 167 Å². The molecule has 28 heavy (non-hydrogen) atoms. The smallest absolute Gasteiger partial charge is 0.307 e. The normalized spacial score (nSPS) is 16.6. The van der Waals surface area contributed by atoms with Crippen LogP contribution in [0.1, 0.15) is 12.5 Å². The molecule has 0 bridgehead atoms. The van der Waals surface area contributed by atoms with E-state index < -0.39 is 23.6 Å². The van der Waals surface area contributed by atoms with Gasteiger partial charge in [0, 0.05) is 10.9 Å². The number of anilines is 2. The maximum Gasteiger partial charge on any atom is 0.416 e. The molecule has 0 saturated heterocycles. The summed E-state index contributed by atoms with van der Waals surface area (Å²) in [4.78, 5) is 18.2. The van der Waals surface area contributed by atoms with Crippen LogP contribution in [0.5, 0.6) is 0 Å². The lowest BCUT2D eigenvalue weighted by atomic mass is 10.2. The number of hydrogen-bond acceptors (Lipinski definition) is 3. The van der Waals surface area contributed by atoms with Crippen molar-refractivity contribution in [2.45, 2.75) is 18.3 Å². The summed E-state index contributed by atoms with van der Waals surface area (Å²) in [5, 5.41) is 2.68. The number of carbonyl (C=O) groups excluding carboxylic acids is 1. The Morgan fingerprint density at radius 1 is 1.29 bits per heavy atom. The number of urea groups is 1. The zero-order chi connectivity index (χ0) is 20.5. The summed E-state index contributed by atoms with van der Waals surface area (Å²) in [6, 6.07) is 7.27. The highest BCUT2D eigenvalue weighted by Gasteiger charge is 2.33. The SMILES string of the molecule is C[C@H]1CN=C(N(C(=O)Nc2ccc(F)c(Cl)c2)c2cccc(C(F)(F)F)c2)S1. The first-order chi connectivity index (χ1) is 13.1. The van der Waals surface area contributed by atoms with Gasteiger partial charge in [-0.25, -0.2) is 14.1 Å². The first-order valence-corrected chi connectivity index (χ1v) is 9.35. The number of rotatable bonds is 2. The van der Waals surface area contributed by atoms with E-state index >= 15 is 0 Å². The lowest BCUT2D eigenvalue weighted by Crippen LogP contribution is -2.38. The fraction of sp³-hybridized carbons (Fsp3) is 0.222. The molecule has 1 N–H and O–H groups in total. The minimum atomic E-state index is -4.56. The van der Waals surface area contributed by atoms with Crippen LogP contribution >= 0.6 is 23.4 Å². The average molecular weight is 432 g/mol. The number of thioether (sulfide) groups is 1. The number of alkyl halides is 3. The molecule has 2 aromatic carbocycles. The van der Waals surface area contributed by atoms with Gasteiger partial charge in [0.1, 0.15) is 5.82 Å². The lowest BCUT2D eigenvalue weighted by molar-refractivity contribution is -0.137. The topological polar surface area (TPSA) is 44.7 Å². The van der Waals surface area contributed by atoms with Gasteiger partial charge in [0.2, 0.25) is 0 Å². The highest BCUT2D eigenvalue weighted by molar-refractivity contribution is 8.15. The van der Waals surface area contributed by atoms with Gasteiger partial charge < -0.3 is 5.32 Å². The average Bonchev–Trinajstić information content (AvgIpc) is 3.04. The molecule has 0 spiro atoms. The van der Waals surface area contributed by atoms with Gasteiger partial charge >= 0.3 is 12.2 Å².